The van der Waals surface area contributed by atoms with Crippen LogP contribution in [-0.4, -0.2) is 128 Å². The predicted octanol–water partition coefficient (Wildman–Crippen LogP) is 5.60. The van der Waals surface area contributed by atoms with Crippen LogP contribution in [0.1, 0.15) is 32.6 Å². The molecule has 16 nitrogen and oxygen atoms in total. The van der Waals surface area contributed by atoms with Gasteiger partial charge in [-0.2, -0.15) is 0 Å². The molecule has 9 rings (SSSR count). The smallest absolute Gasteiger partial charge is 0.334 e. The number of pyridine rings is 1. The van der Waals surface area contributed by atoms with E-state index in [4.69, 9.17) is 9.72 Å². The zero-order chi connectivity index (χ0) is 47.3. The van der Waals surface area contributed by atoms with E-state index in [0.29, 0.717) is 16.6 Å². The Balaban J connectivity index is 0.926. The van der Waals surface area contributed by atoms with Gasteiger partial charge in [0.05, 0.1) is 43.2 Å². The molecule has 5 heterocycles. The molecule has 2 atom stereocenters. The molecule has 3 fully saturated rings. The number of rotatable bonds is 14. The number of ether oxygens (including phenoxy) is 1. The average Bonchev–Trinajstić information content (AvgIpc) is 3.70. The van der Waals surface area contributed by atoms with Gasteiger partial charge in [0.25, 0.3) is 5.91 Å². The topological polar surface area (TPSA) is 159 Å². The van der Waals surface area contributed by atoms with Gasteiger partial charge in [-0.3, -0.25) is 19.3 Å². The molecule has 68 heavy (non-hydrogen) atoms. The number of hydrogen-bond acceptors (Lipinski definition) is 10. The fourth-order valence-corrected chi connectivity index (χ4v) is 9.59. The van der Waals surface area contributed by atoms with Crippen molar-refractivity contribution >= 4 is 46.2 Å². The van der Waals surface area contributed by atoms with Crippen molar-refractivity contribution in [2.45, 2.75) is 38.3 Å². The minimum atomic E-state index is -0.954. The third kappa shape index (κ3) is 9.73. The second-order valence-corrected chi connectivity index (χ2v) is 17.4. The van der Waals surface area contributed by atoms with Crippen LogP contribution in [0.5, 0.6) is 11.5 Å². The van der Waals surface area contributed by atoms with Crippen LogP contribution in [0.3, 0.4) is 0 Å². The number of aryl methyl sites for hydroxylation is 1. The predicted molar refractivity (Wildman–Crippen MR) is 260 cm³/mol. The number of piperazine rings is 2. The maximum atomic E-state index is 14.8. The molecule has 4 aromatic carbocycles. The Morgan fingerprint density at radius 3 is 2.32 bits per heavy atom. The highest BCUT2D eigenvalue weighted by molar-refractivity contribution is 6.13. The molecule has 3 N–H and O–H groups in total. The molecular formula is C52H56N10O6. The van der Waals surface area contributed by atoms with Crippen molar-refractivity contribution < 1.29 is 29.0 Å². The second-order valence-electron chi connectivity index (χ2n) is 17.4. The van der Waals surface area contributed by atoms with Crippen LogP contribution in [0.25, 0.3) is 10.9 Å². The summed E-state index contributed by atoms with van der Waals surface area (Å²) in [7, 11) is 3.54. The van der Waals surface area contributed by atoms with Gasteiger partial charge in [-0.15, -0.1) is 6.58 Å². The van der Waals surface area contributed by atoms with Crippen LogP contribution >= 0.6 is 0 Å². The molecule has 0 radical (unpaired) electrons. The molecule has 350 valence electrons. The minimum absolute atomic E-state index is 0.0274. The van der Waals surface area contributed by atoms with Crippen LogP contribution in [0.2, 0.25) is 0 Å². The van der Waals surface area contributed by atoms with Gasteiger partial charge in [0.2, 0.25) is 11.8 Å². The number of nitrogens with zero attached hydrogens (tertiary/aromatic N) is 8. The van der Waals surface area contributed by atoms with Gasteiger partial charge < -0.3 is 39.7 Å². The number of amides is 5. The summed E-state index contributed by atoms with van der Waals surface area (Å²) >= 11 is 0. The number of phenolic OH excluding ortho intramolecular Hbond substituents is 1. The summed E-state index contributed by atoms with van der Waals surface area (Å²) in [4.78, 5) is 69.9. The Morgan fingerprint density at radius 2 is 1.62 bits per heavy atom. The average molecular weight is 917 g/mol. The summed E-state index contributed by atoms with van der Waals surface area (Å²) in [6, 6.07) is 32.4. The summed E-state index contributed by atoms with van der Waals surface area (Å²) in [5.41, 5.74) is 5.48. The van der Waals surface area contributed by atoms with E-state index in [-0.39, 0.29) is 62.6 Å². The Labute approximate surface area is 395 Å². The number of hydrogen-bond donors (Lipinski definition) is 3. The first-order valence-corrected chi connectivity index (χ1v) is 22.9. The molecule has 0 saturated carbocycles. The molecule has 0 bridgehead atoms. The lowest BCUT2D eigenvalue weighted by Gasteiger charge is -2.55. The highest BCUT2D eigenvalue weighted by atomic mass is 16.5. The van der Waals surface area contributed by atoms with Gasteiger partial charge in [-0.1, -0.05) is 78.9 Å². The van der Waals surface area contributed by atoms with Crippen molar-refractivity contribution in [3.8, 4) is 11.5 Å². The van der Waals surface area contributed by atoms with Gasteiger partial charge in [-0.05, 0) is 58.7 Å². The molecule has 6 aromatic rings. The fraction of sp³-hybridized carbons (Fsp3) is 0.288. The van der Waals surface area contributed by atoms with E-state index in [0.717, 1.165) is 66.5 Å². The van der Waals surface area contributed by atoms with Crippen LogP contribution in [-0.2, 0) is 42.7 Å². The van der Waals surface area contributed by atoms with Crippen molar-refractivity contribution in [1.82, 2.24) is 39.6 Å². The number of hydrazine groups is 1. The molecule has 3 aliphatic rings. The Kier molecular flexibility index (Phi) is 13.4. The largest absolute Gasteiger partial charge is 0.508 e. The number of aromatic hydroxyl groups is 1. The van der Waals surface area contributed by atoms with Crippen LogP contribution in [0.15, 0.2) is 134 Å². The van der Waals surface area contributed by atoms with Crippen molar-refractivity contribution in [1.29, 1.82) is 0 Å². The number of phenols is 1. The maximum absolute atomic E-state index is 14.8. The van der Waals surface area contributed by atoms with Crippen LogP contribution in [0.4, 0.5) is 16.3 Å². The van der Waals surface area contributed by atoms with E-state index in [1.165, 1.54) is 5.56 Å². The van der Waals surface area contributed by atoms with E-state index >= 15 is 0 Å². The molecule has 3 saturated heterocycles. The first-order valence-electron chi connectivity index (χ1n) is 22.9. The van der Waals surface area contributed by atoms with Crippen molar-refractivity contribution in [3.63, 3.8) is 0 Å². The molecule has 0 aliphatic carbocycles. The van der Waals surface area contributed by atoms with E-state index in [1.807, 2.05) is 84.4 Å². The summed E-state index contributed by atoms with van der Waals surface area (Å²) in [5, 5.41) is 20.0. The molecule has 0 spiro atoms. The van der Waals surface area contributed by atoms with Gasteiger partial charge in [0.1, 0.15) is 29.5 Å². The van der Waals surface area contributed by atoms with Crippen molar-refractivity contribution in [2.75, 3.05) is 63.1 Å². The summed E-state index contributed by atoms with van der Waals surface area (Å²) in [6.45, 7) is 8.77. The number of nitrogens with one attached hydrogen (secondary N) is 2. The third-order valence-corrected chi connectivity index (χ3v) is 13.0. The number of methoxy groups -OCH3 is 1. The minimum Gasteiger partial charge on any atom is -0.508 e. The Hall–Kier alpha value is -7.69. The monoisotopic (exact) mass is 916 g/mol. The number of benzene rings is 4. The molecule has 3 aliphatic heterocycles. The van der Waals surface area contributed by atoms with Crippen molar-refractivity contribution in [2.24, 2.45) is 7.05 Å². The molecule has 16 heteroatoms. The third-order valence-electron chi connectivity index (χ3n) is 13.0. The Bertz CT molecular complexity index is 2770. The number of para-hydroxylation sites is 1. The molecule has 2 aromatic heterocycles. The maximum Gasteiger partial charge on any atom is 0.334 e. The zero-order valence-corrected chi connectivity index (χ0v) is 38.3. The highest BCUT2D eigenvalue weighted by Gasteiger charge is 2.51. The first-order chi connectivity index (χ1) is 33.1. The van der Waals surface area contributed by atoms with E-state index in [1.54, 1.807) is 69.7 Å². The van der Waals surface area contributed by atoms with Gasteiger partial charge in [-0.25, -0.2) is 19.8 Å². The van der Waals surface area contributed by atoms with E-state index in [2.05, 4.69) is 39.1 Å². The van der Waals surface area contributed by atoms with Crippen LogP contribution in [0, 0.1) is 0 Å². The summed E-state index contributed by atoms with van der Waals surface area (Å²) in [6.07, 6.45) is 4.43. The second kappa shape index (κ2) is 20.0. The zero-order valence-electron chi connectivity index (χ0n) is 38.3. The van der Waals surface area contributed by atoms with E-state index in [9.17, 15) is 24.3 Å². The number of urea groups is 1. The number of aromatic nitrogens is 2. The molecular weight excluding hydrogens is 861 g/mol. The number of fused-ring (bicyclic) bond motifs is 2. The first kappa shape index (κ1) is 45.5. The lowest BCUT2D eigenvalue weighted by molar-refractivity contribution is -0.189. The standard InChI is InChI=1S/C52H56N10O6/c1-4-23-60-35-48(64)61-45(28-36-13-18-41(63)19-14-36)51(66)59(34-47(61)62(60)52(67)54-29-37-9-6-5-7-10-37)32-39-11-8-12-43-44(33-56(2)49(39)43)50(65)55-40-17-22-46(53-30-40)58-26-24-57(25-27-58)31-38-15-20-42(68-3)21-16-38/h4-22,30,33,45,47,63H,1,23-29,31-32,34-35H2,2-3H3,(H,54,67)(H,55,65). The van der Waals surface area contributed by atoms with Gasteiger partial charge in [0.15, 0.2) is 0 Å². The quantitative estimate of drug-likeness (QED) is 0.118. The number of carbonyl (C=O) groups excluding carboxylic acids is 4. The van der Waals surface area contributed by atoms with Gasteiger partial charge >= 0.3 is 6.03 Å². The molecule has 5 amide bonds. The highest BCUT2D eigenvalue weighted by Crippen LogP contribution is 2.32. The van der Waals surface area contributed by atoms with Crippen LogP contribution < -0.4 is 20.3 Å². The SMILES string of the molecule is C=CCN1CC(=O)N2C(Cc3ccc(O)cc3)C(=O)N(Cc3cccc4c(C(=O)Nc5ccc(N6CCN(Cc7ccc(OC)cc7)CC6)nc5)cn(C)c34)CC2N1C(=O)NCc1ccccc1. The summed E-state index contributed by atoms with van der Waals surface area (Å²) < 4.78 is 7.19. The van der Waals surface area contributed by atoms with Crippen molar-refractivity contribution in [3.05, 3.63) is 162 Å². The number of anilines is 2. The van der Waals surface area contributed by atoms with E-state index < -0.39 is 18.2 Å². The molecule has 2 unspecified atom stereocenters. The normalized spacial score (nSPS) is 17.9. The Morgan fingerprint density at radius 1 is 0.868 bits per heavy atom. The number of carbonyl (C=O) groups is 4. The van der Waals surface area contributed by atoms with Gasteiger partial charge in [0, 0.05) is 77.4 Å². The fourth-order valence-electron chi connectivity index (χ4n) is 9.59. The lowest BCUT2D eigenvalue weighted by Crippen LogP contribution is -2.76. The lowest BCUT2D eigenvalue weighted by atomic mass is 9.98. The summed E-state index contributed by atoms with van der Waals surface area (Å²) in [5.74, 6) is 0.921.